The Morgan fingerprint density at radius 3 is 2.27 bits per heavy atom. The van der Waals surface area contributed by atoms with Crippen LogP contribution in [0, 0.1) is 0 Å². The summed E-state index contributed by atoms with van der Waals surface area (Å²) in [6, 6.07) is 9.42. The lowest BCUT2D eigenvalue weighted by Crippen LogP contribution is -2.49. The van der Waals surface area contributed by atoms with Crippen LogP contribution in [0.5, 0.6) is 0 Å². The van der Waals surface area contributed by atoms with E-state index >= 15 is 0 Å². The molecule has 0 aliphatic rings. The van der Waals surface area contributed by atoms with Gasteiger partial charge in [-0.05, 0) is 55.7 Å². The van der Waals surface area contributed by atoms with E-state index in [-0.39, 0.29) is 30.8 Å². The number of carbonyl (C=O) groups excluding carboxylic acids is 2. The first kappa shape index (κ1) is 24.8. The van der Waals surface area contributed by atoms with Crippen molar-refractivity contribution in [2.75, 3.05) is 0 Å². The molecule has 0 aliphatic heterocycles. The third-order valence-corrected chi connectivity index (χ3v) is 6.19. The summed E-state index contributed by atoms with van der Waals surface area (Å²) in [6.45, 7) is 5.78. The smallest absolute Gasteiger partial charge is 0.242 e. The van der Waals surface area contributed by atoms with Crippen LogP contribution in [-0.2, 0) is 22.6 Å². The monoisotopic (exact) mass is 488 g/mol. The molecule has 2 aromatic carbocycles. The molecule has 0 saturated carbocycles. The van der Waals surface area contributed by atoms with Crippen molar-refractivity contribution in [1.29, 1.82) is 0 Å². The van der Waals surface area contributed by atoms with E-state index in [9.17, 15) is 9.59 Å². The highest BCUT2D eigenvalue weighted by molar-refractivity contribution is 6.42. The zero-order chi connectivity index (χ0) is 22.4. The highest BCUT2D eigenvalue weighted by Crippen LogP contribution is 2.25. The molecule has 0 unspecified atom stereocenters. The minimum atomic E-state index is -0.694. The maximum atomic E-state index is 13.2. The van der Waals surface area contributed by atoms with Gasteiger partial charge in [0.15, 0.2) is 0 Å². The molecular formula is C22H24Cl4N2O2. The summed E-state index contributed by atoms with van der Waals surface area (Å²) in [5.41, 5.74) is 1.41. The van der Waals surface area contributed by atoms with Crippen molar-refractivity contribution in [3.63, 3.8) is 0 Å². The third kappa shape index (κ3) is 6.78. The van der Waals surface area contributed by atoms with E-state index in [0.29, 0.717) is 31.2 Å². The van der Waals surface area contributed by atoms with Gasteiger partial charge >= 0.3 is 0 Å². The summed E-state index contributed by atoms with van der Waals surface area (Å²) in [4.78, 5) is 27.4. The molecule has 30 heavy (non-hydrogen) atoms. The largest absolute Gasteiger partial charge is 0.352 e. The molecule has 0 heterocycles. The molecule has 2 rings (SSSR count). The molecule has 0 saturated heterocycles. The fourth-order valence-electron chi connectivity index (χ4n) is 2.81. The van der Waals surface area contributed by atoms with Gasteiger partial charge in [-0.2, -0.15) is 0 Å². The van der Waals surface area contributed by atoms with Gasteiger partial charge in [0.2, 0.25) is 11.8 Å². The zero-order valence-corrected chi connectivity index (χ0v) is 20.0. The standard InChI is InChI=1S/C22H24Cl4N2O2/c1-4-13(2)27-22(30)14(3)28(12-16-6-7-17(23)11-19(16)25)21(29)10-15-5-8-18(24)20(26)9-15/h5-9,11,13-14H,4,10,12H2,1-3H3,(H,27,30)/t13-,14-/m0/s1. The van der Waals surface area contributed by atoms with Crippen molar-refractivity contribution < 1.29 is 9.59 Å². The van der Waals surface area contributed by atoms with Gasteiger partial charge in [-0.3, -0.25) is 9.59 Å². The average Bonchev–Trinajstić information content (AvgIpc) is 2.69. The Bertz CT molecular complexity index is 920. The van der Waals surface area contributed by atoms with E-state index in [1.54, 1.807) is 43.3 Å². The van der Waals surface area contributed by atoms with Crippen LogP contribution in [0.2, 0.25) is 20.1 Å². The molecule has 0 spiro atoms. The van der Waals surface area contributed by atoms with Crippen LogP contribution in [0.4, 0.5) is 0 Å². The Morgan fingerprint density at radius 2 is 1.67 bits per heavy atom. The van der Waals surface area contributed by atoms with Crippen LogP contribution < -0.4 is 5.32 Å². The number of halogens is 4. The lowest BCUT2D eigenvalue weighted by molar-refractivity contribution is -0.140. The van der Waals surface area contributed by atoms with E-state index in [1.807, 2.05) is 13.8 Å². The van der Waals surface area contributed by atoms with Crippen molar-refractivity contribution in [1.82, 2.24) is 10.2 Å². The van der Waals surface area contributed by atoms with Crippen LogP contribution in [0.1, 0.15) is 38.3 Å². The van der Waals surface area contributed by atoms with E-state index in [4.69, 9.17) is 46.4 Å². The molecule has 0 radical (unpaired) electrons. The highest BCUT2D eigenvalue weighted by atomic mass is 35.5. The van der Waals surface area contributed by atoms with Crippen LogP contribution in [0.25, 0.3) is 0 Å². The van der Waals surface area contributed by atoms with Gasteiger partial charge in [-0.15, -0.1) is 0 Å². The Morgan fingerprint density at radius 1 is 0.967 bits per heavy atom. The Labute approximate surface area is 197 Å². The summed E-state index contributed by atoms with van der Waals surface area (Å²) < 4.78 is 0. The molecular weight excluding hydrogens is 466 g/mol. The maximum absolute atomic E-state index is 13.2. The third-order valence-electron chi connectivity index (χ3n) is 4.86. The molecule has 0 aliphatic carbocycles. The van der Waals surface area contributed by atoms with Gasteiger partial charge < -0.3 is 10.2 Å². The highest BCUT2D eigenvalue weighted by Gasteiger charge is 2.27. The van der Waals surface area contributed by atoms with Crippen LogP contribution in [0.15, 0.2) is 36.4 Å². The summed E-state index contributed by atoms with van der Waals surface area (Å²) in [5.74, 6) is -0.455. The first-order valence-corrected chi connectivity index (χ1v) is 11.1. The lowest BCUT2D eigenvalue weighted by atomic mass is 10.1. The first-order chi connectivity index (χ1) is 14.1. The van der Waals surface area contributed by atoms with Crippen molar-refractivity contribution in [3.8, 4) is 0 Å². The number of rotatable bonds is 8. The van der Waals surface area contributed by atoms with Gasteiger partial charge in [-0.1, -0.05) is 65.5 Å². The summed E-state index contributed by atoms with van der Waals surface area (Å²) in [7, 11) is 0. The quantitative estimate of drug-likeness (QED) is 0.481. The Kier molecular flexibility index (Phi) is 9.30. The second-order valence-corrected chi connectivity index (χ2v) is 8.83. The molecule has 162 valence electrons. The topological polar surface area (TPSA) is 49.4 Å². The summed E-state index contributed by atoms with van der Waals surface area (Å²) >= 11 is 24.3. The van der Waals surface area contributed by atoms with Gasteiger partial charge in [-0.25, -0.2) is 0 Å². The molecule has 0 fully saturated rings. The van der Waals surface area contributed by atoms with Crippen LogP contribution in [-0.4, -0.2) is 28.8 Å². The number of hydrogen-bond acceptors (Lipinski definition) is 2. The number of carbonyl (C=O) groups is 2. The van der Waals surface area contributed by atoms with E-state index in [0.717, 1.165) is 6.42 Å². The van der Waals surface area contributed by atoms with Crippen molar-refractivity contribution >= 4 is 58.2 Å². The Balaban J connectivity index is 2.29. The molecule has 0 bridgehead atoms. The van der Waals surface area contributed by atoms with Gasteiger partial charge in [0.1, 0.15) is 6.04 Å². The van der Waals surface area contributed by atoms with Crippen LogP contribution >= 0.6 is 46.4 Å². The number of nitrogens with zero attached hydrogens (tertiary/aromatic N) is 1. The first-order valence-electron chi connectivity index (χ1n) is 9.60. The molecule has 4 nitrogen and oxygen atoms in total. The summed E-state index contributed by atoms with van der Waals surface area (Å²) in [6.07, 6.45) is 0.863. The predicted octanol–water partition coefficient (Wildman–Crippen LogP) is 6.17. The minimum Gasteiger partial charge on any atom is -0.352 e. The number of nitrogens with one attached hydrogen (secondary N) is 1. The van der Waals surface area contributed by atoms with Crippen molar-refractivity contribution in [3.05, 3.63) is 67.6 Å². The Hall–Kier alpha value is -1.46. The fraction of sp³-hybridized carbons (Fsp3) is 0.364. The van der Waals surface area contributed by atoms with Crippen LogP contribution in [0.3, 0.4) is 0 Å². The lowest BCUT2D eigenvalue weighted by Gasteiger charge is -2.30. The normalized spacial score (nSPS) is 12.9. The number of benzene rings is 2. The van der Waals surface area contributed by atoms with E-state index < -0.39 is 6.04 Å². The molecule has 2 aromatic rings. The molecule has 2 atom stereocenters. The second-order valence-electron chi connectivity index (χ2n) is 7.18. The average molecular weight is 490 g/mol. The summed E-state index contributed by atoms with van der Waals surface area (Å²) in [5, 5.41) is 4.65. The van der Waals surface area contributed by atoms with Crippen molar-refractivity contribution in [2.24, 2.45) is 0 Å². The predicted molar refractivity (Wildman–Crippen MR) is 125 cm³/mol. The van der Waals surface area contributed by atoms with Gasteiger partial charge in [0.05, 0.1) is 16.5 Å². The molecule has 1 N–H and O–H groups in total. The van der Waals surface area contributed by atoms with Gasteiger partial charge in [0.25, 0.3) is 0 Å². The van der Waals surface area contributed by atoms with E-state index in [1.165, 1.54) is 4.90 Å². The number of amides is 2. The van der Waals surface area contributed by atoms with E-state index in [2.05, 4.69) is 5.32 Å². The van der Waals surface area contributed by atoms with Gasteiger partial charge in [0, 0.05) is 22.6 Å². The number of hydrogen-bond donors (Lipinski definition) is 1. The molecule has 0 aromatic heterocycles. The molecule has 8 heteroatoms. The minimum absolute atomic E-state index is 0.00564. The van der Waals surface area contributed by atoms with Crippen molar-refractivity contribution in [2.45, 2.75) is 52.2 Å². The maximum Gasteiger partial charge on any atom is 0.242 e. The SMILES string of the molecule is CC[C@H](C)NC(=O)[C@H](C)N(Cc1ccc(Cl)cc1Cl)C(=O)Cc1ccc(Cl)c(Cl)c1. The zero-order valence-electron chi connectivity index (χ0n) is 17.0. The second kappa shape index (κ2) is 11.2. The fourth-order valence-corrected chi connectivity index (χ4v) is 3.60. The molecule has 2 amide bonds.